The van der Waals surface area contributed by atoms with Crippen molar-refractivity contribution >= 4 is 22.6 Å². The molecule has 0 spiro atoms. The monoisotopic (exact) mass is 453 g/mol. The number of fused-ring (bicyclic) bond motifs is 1. The topological polar surface area (TPSA) is 45.7 Å². The van der Waals surface area contributed by atoms with E-state index in [2.05, 4.69) is 72.6 Å². The largest absolute Gasteiger partial charge is 0.383 e. The number of anilines is 1. The van der Waals surface area contributed by atoms with Gasteiger partial charge in [0.2, 0.25) is 0 Å². The van der Waals surface area contributed by atoms with Crippen LogP contribution in [0.4, 0.5) is 10.5 Å². The molecule has 0 unspecified atom stereocenters. The zero-order valence-corrected chi connectivity index (χ0v) is 20.1. The van der Waals surface area contributed by atoms with Crippen molar-refractivity contribution in [2.24, 2.45) is 0 Å². The predicted molar refractivity (Wildman–Crippen MR) is 139 cm³/mol. The Bertz CT molecular complexity index is 1240. The number of carbonyl (C=O) groups is 1. The second kappa shape index (κ2) is 10.9. The molecule has 0 saturated heterocycles. The molecule has 34 heavy (non-hydrogen) atoms. The van der Waals surface area contributed by atoms with Gasteiger partial charge in [-0.3, -0.25) is 9.88 Å². The van der Waals surface area contributed by atoms with Crippen LogP contribution in [0.25, 0.3) is 22.0 Å². The summed E-state index contributed by atoms with van der Waals surface area (Å²) in [5.74, 6) is 0. The Morgan fingerprint density at radius 1 is 0.941 bits per heavy atom. The molecule has 0 atom stereocenters. The van der Waals surface area contributed by atoms with Crippen LogP contribution in [0.2, 0.25) is 0 Å². The number of hydrogen-bond acceptors (Lipinski definition) is 3. The molecule has 0 bridgehead atoms. The number of nitrogens with zero attached hydrogens (tertiary/aromatic N) is 3. The third-order valence-electron chi connectivity index (χ3n) is 6.03. The van der Waals surface area contributed by atoms with Crippen LogP contribution in [0.3, 0.4) is 0 Å². The number of aryl methyl sites for hydroxylation is 1. The van der Waals surface area contributed by atoms with Gasteiger partial charge in [-0.1, -0.05) is 60.2 Å². The van der Waals surface area contributed by atoms with Crippen LogP contribution in [0, 0.1) is 6.92 Å². The quantitative estimate of drug-likeness (QED) is 0.314. The minimum Gasteiger partial charge on any atom is -0.383 e. The van der Waals surface area contributed by atoms with E-state index < -0.39 is 0 Å². The Balaban J connectivity index is 1.63. The molecule has 1 heterocycles. The Kier molecular flexibility index (Phi) is 7.55. The van der Waals surface area contributed by atoms with Crippen LogP contribution in [0.15, 0.2) is 85.1 Å². The number of likely N-dealkylation sites (N-methyl/N-ethyl adjacent to an activating group) is 1. The number of pyridine rings is 1. The molecular formula is C29H31N3O2. The summed E-state index contributed by atoms with van der Waals surface area (Å²) in [5, 5.41) is 1.12. The average Bonchev–Trinajstić information content (AvgIpc) is 2.88. The third-order valence-corrected chi connectivity index (χ3v) is 6.03. The van der Waals surface area contributed by atoms with E-state index in [9.17, 15) is 4.79 Å². The lowest BCUT2D eigenvalue weighted by molar-refractivity contribution is 0.154. The first kappa shape index (κ1) is 23.5. The van der Waals surface area contributed by atoms with Gasteiger partial charge < -0.3 is 9.64 Å². The van der Waals surface area contributed by atoms with Gasteiger partial charge in [0, 0.05) is 37.5 Å². The second-order valence-electron chi connectivity index (χ2n) is 8.38. The fraction of sp³-hybridized carbons (Fsp3) is 0.241. The van der Waals surface area contributed by atoms with Crippen LogP contribution < -0.4 is 4.90 Å². The molecule has 4 rings (SSSR count). The van der Waals surface area contributed by atoms with Gasteiger partial charge in [-0.2, -0.15) is 0 Å². The molecule has 2 amide bonds. The Hall–Kier alpha value is -3.70. The molecule has 5 heteroatoms. The lowest BCUT2D eigenvalue weighted by Gasteiger charge is -2.30. The van der Waals surface area contributed by atoms with Crippen molar-refractivity contribution in [3.05, 3.63) is 96.2 Å². The summed E-state index contributed by atoms with van der Waals surface area (Å²) >= 11 is 0. The minimum atomic E-state index is -0.0252. The van der Waals surface area contributed by atoms with E-state index in [-0.39, 0.29) is 6.03 Å². The number of rotatable bonds is 8. The van der Waals surface area contributed by atoms with Crippen molar-refractivity contribution in [1.82, 2.24) is 9.88 Å². The van der Waals surface area contributed by atoms with E-state index in [0.717, 1.165) is 33.3 Å². The van der Waals surface area contributed by atoms with E-state index in [0.29, 0.717) is 26.2 Å². The number of amides is 2. The van der Waals surface area contributed by atoms with Gasteiger partial charge in [0.05, 0.1) is 18.7 Å². The first-order valence-electron chi connectivity index (χ1n) is 11.6. The molecule has 0 fully saturated rings. The average molecular weight is 454 g/mol. The SMILES string of the molecule is CCN(CCOC)C(=O)N(Cc1ccc(C)cc1)c1ccc(-c2ccc3cccnc3c2)cc1. The summed E-state index contributed by atoms with van der Waals surface area (Å²) in [5.41, 5.74) is 6.31. The van der Waals surface area contributed by atoms with Gasteiger partial charge >= 0.3 is 6.03 Å². The molecule has 0 aliphatic rings. The summed E-state index contributed by atoms with van der Waals surface area (Å²) in [6.07, 6.45) is 1.81. The highest BCUT2D eigenvalue weighted by Gasteiger charge is 2.22. The third kappa shape index (κ3) is 5.43. The van der Waals surface area contributed by atoms with Crippen molar-refractivity contribution < 1.29 is 9.53 Å². The maximum Gasteiger partial charge on any atom is 0.324 e. The zero-order chi connectivity index (χ0) is 23.9. The lowest BCUT2D eigenvalue weighted by atomic mass is 10.0. The lowest BCUT2D eigenvalue weighted by Crippen LogP contribution is -2.44. The van der Waals surface area contributed by atoms with Crippen LogP contribution in [0.5, 0.6) is 0 Å². The maximum absolute atomic E-state index is 13.5. The van der Waals surface area contributed by atoms with Crippen LogP contribution in [0.1, 0.15) is 18.1 Å². The maximum atomic E-state index is 13.5. The van der Waals surface area contributed by atoms with Crippen molar-refractivity contribution in [3.63, 3.8) is 0 Å². The first-order valence-corrected chi connectivity index (χ1v) is 11.6. The molecule has 4 aromatic rings. The number of methoxy groups -OCH3 is 1. The van der Waals surface area contributed by atoms with Crippen molar-refractivity contribution in [1.29, 1.82) is 0 Å². The number of urea groups is 1. The highest BCUT2D eigenvalue weighted by molar-refractivity contribution is 5.92. The van der Waals surface area contributed by atoms with E-state index >= 15 is 0 Å². The van der Waals surface area contributed by atoms with Gasteiger partial charge in [0.1, 0.15) is 0 Å². The summed E-state index contributed by atoms with van der Waals surface area (Å²) in [7, 11) is 1.66. The molecule has 0 aliphatic carbocycles. The van der Waals surface area contributed by atoms with Gasteiger partial charge in [-0.15, -0.1) is 0 Å². The molecule has 0 radical (unpaired) electrons. The highest BCUT2D eigenvalue weighted by atomic mass is 16.5. The fourth-order valence-corrected chi connectivity index (χ4v) is 3.99. The summed E-state index contributed by atoms with van der Waals surface area (Å²) in [4.78, 5) is 21.7. The van der Waals surface area contributed by atoms with Crippen molar-refractivity contribution in [3.8, 4) is 11.1 Å². The Morgan fingerprint density at radius 3 is 2.38 bits per heavy atom. The standard InChI is InChI=1S/C29H31N3O2/c1-4-31(18-19-34-3)29(33)32(21-23-9-7-22(2)8-10-23)27-15-13-24(14-16-27)26-12-11-25-6-5-17-30-28(25)20-26/h5-17,20H,4,18-19,21H2,1-3H3. The fourth-order valence-electron chi connectivity index (χ4n) is 3.99. The number of hydrogen-bond donors (Lipinski definition) is 0. The summed E-state index contributed by atoms with van der Waals surface area (Å²) in [6.45, 7) is 6.24. The summed E-state index contributed by atoms with van der Waals surface area (Å²) in [6, 6.07) is 26.8. The van der Waals surface area contributed by atoms with E-state index in [4.69, 9.17) is 4.74 Å². The van der Waals surface area contributed by atoms with Crippen LogP contribution in [-0.2, 0) is 11.3 Å². The molecule has 1 aromatic heterocycles. The number of benzene rings is 3. The Morgan fingerprint density at radius 2 is 1.68 bits per heavy atom. The molecule has 0 N–H and O–H groups in total. The van der Waals surface area contributed by atoms with Crippen molar-refractivity contribution in [2.45, 2.75) is 20.4 Å². The van der Waals surface area contributed by atoms with E-state index in [1.165, 1.54) is 5.56 Å². The predicted octanol–water partition coefficient (Wildman–Crippen LogP) is 6.31. The zero-order valence-electron chi connectivity index (χ0n) is 20.1. The van der Waals surface area contributed by atoms with E-state index in [1.54, 1.807) is 7.11 Å². The van der Waals surface area contributed by atoms with E-state index in [1.807, 2.05) is 41.1 Å². The van der Waals surface area contributed by atoms with Crippen molar-refractivity contribution in [2.75, 3.05) is 31.7 Å². The van der Waals surface area contributed by atoms with Gasteiger partial charge in [-0.25, -0.2) is 4.79 Å². The van der Waals surface area contributed by atoms with Gasteiger partial charge in [0.25, 0.3) is 0 Å². The smallest absolute Gasteiger partial charge is 0.324 e. The highest BCUT2D eigenvalue weighted by Crippen LogP contribution is 2.27. The van der Waals surface area contributed by atoms with Gasteiger partial charge in [-0.05, 0) is 54.8 Å². The minimum absolute atomic E-state index is 0.0252. The van der Waals surface area contributed by atoms with Crippen LogP contribution in [-0.4, -0.2) is 42.7 Å². The molecule has 174 valence electrons. The Labute approximate surface area is 201 Å². The molecule has 0 saturated carbocycles. The van der Waals surface area contributed by atoms with Crippen LogP contribution >= 0.6 is 0 Å². The number of carbonyl (C=O) groups excluding carboxylic acids is 1. The molecule has 5 nitrogen and oxygen atoms in total. The van der Waals surface area contributed by atoms with Gasteiger partial charge in [0.15, 0.2) is 0 Å². The normalized spacial score (nSPS) is 10.9. The number of aromatic nitrogens is 1. The second-order valence-corrected chi connectivity index (χ2v) is 8.38. The first-order chi connectivity index (χ1) is 16.6. The molecule has 3 aromatic carbocycles. The molecular weight excluding hydrogens is 422 g/mol. The summed E-state index contributed by atoms with van der Waals surface area (Å²) < 4.78 is 5.22. The molecule has 0 aliphatic heterocycles. The number of ether oxygens (including phenoxy) is 1.